The van der Waals surface area contributed by atoms with Gasteiger partial charge in [0.15, 0.2) is 10.7 Å². The van der Waals surface area contributed by atoms with Gasteiger partial charge in [-0.05, 0) is 111 Å². The van der Waals surface area contributed by atoms with Gasteiger partial charge in [0.25, 0.3) is 0 Å². The molecule has 0 aliphatic heterocycles. The number of aromatic nitrogens is 1. The number of halogens is 2. The summed E-state index contributed by atoms with van der Waals surface area (Å²) in [6.07, 6.45) is 8.29. The van der Waals surface area contributed by atoms with Crippen molar-refractivity contribution in [2.24, 2.45) is 23.2 Å². The molecule has 0 unspecified atom stereocenters. The molecule has 4 fully saturated rings. The SMILES string of the molecule is Cc1c(NC(=S)NC(=O)CC23CC4CC(CC(C4)C2)C3)cccc1-c1nc2cc(Cl)cc(Cl)c2o1. The number of amides is 1. The number of fused-ring (bicyclic) bond motifs is 1. The van der Waals surface area contributed by atoms with Gasteiger partial charge in [0.05, 0.1) is 5.02 Å². The number of carbonyl (C=O) groups is 1. The van der Waals surface area contributed by atoms with Gasteiger partial charge in [-0.2, -0.15) is 0 Å². The molecule has 2 N–H and O–H groups in total. The lowest BCUT2D eigenvalue weighted by molar-refractivity contribution is -0.127. The number of hydrogen-bond donors (Lipinski definition) is 2. The Kier molecular flexibility index (Phi) is 5.82. The summed E-state index contributed by atoms with van der Waals surface area (Å²) in [6.45, 7) is 1.96. The largest absolute Gasteiger partial charge is 0.434 e. The molecule has 35 heavy (non-hydrogen) atoms. The van der Waals surface area contributed by atoms with Crippen LogP contribution in [0, 0.1) is 30.1 Å². The van der Waals surface area contributed by atoms with E-state index >= 15 is 0 Å². The number of benzene rings is 2. The Bertz CT molecular complexity index is 1320. The molecule has 4 bridgehead atoms. The summed E-state index contributed by atoms with van der Waals surface area (Å²) in [7, 11) is 0. The van der Waals surface area contributed by atoms with Crippen LogP contribution in [-0.4, -0.2) is 16.0 Å². The Hall–Kier alpha value is -2.15. The van der Waals surface area contributed by atoms with Crippen LogP contribution in [0.2, 0.25) is 10.0 Å². The molecule has 7 rings (SSSR count). The number of thiocarbonyl (C=S) groups is 1. The maximum absolute atomic E-state index is 13.0. The number of carbonyl (C=O) groups excluding carboxylic acids is 1. The molecule has 0 radical (unpaired) electrons. The summed E-state index contributed by atoms with van der Waals surface area (Å²) >= 11 is 17.9. The fourth-order valence-corrected chi connectivity index (χ4v) is 7.99. The molecule has 1 heterocycles. The molecular formula is C27H27Cl2N3O2S. The van der Waals surface area contributed by atoms with Gasteiger partial charge in [-0.3, -0.25) is 4.79 Å². The normalized spacial score (nSPS) is 26.8. The third-order valence-corrected chi connectivity index (χ3v) is 8.88. The summed E-state index contributed by atoms with van der Waals surface area (Å²) in [6, 6.07) is 9.10. The number of nitrogens with one attached hydrogen (secondary N) is 2. The average Bonchev–Trinajstić information content (AvgIpc) is 3.17. The van der Waals surface area contributed by atoms with E-state index in [1.54, 1.807) is 12.1 Å². The fourth-order valence-electron chi connectivity index (χ4n) is 7.25. The molecular weight excluding hydrogens is 501 g/mol. The van der Waals surface area contributed by atoms with Gasteiger partial charge in [-0.25, -0.2) is 4.98 Å². The highest BCUT2D eigenvalue weighted by molar-refractivity contribution is 7.80. The van der Waals surface area contributed by atoms with E-state index in [1.165, 1.54) is 38.5 Å². The summed E-state index contributed by atoms with van der Waals surface area (Å²) in [4.78, 5) is 17.5. The van der Waals surface area contributed by atoms with Gasteiger partial charge in [-0.1, -0.05) is 29.3 Å². The first kappa shape index (κ1) is 23.3. The van der Waals surface area contributed by atoms with E-state index in [-0.39, 0.29) is 11.3 Å². The van der Waals surface area contributed by atoms with E-state index in [2.05, 4.69) is 15.6 Å². The molecule has 2 aromatic carbocycles. The minimum Gasteiger partial charge on any atom is -0.434 e. The lowest BCUT2D eigenvalue weighted by Gasteiger charge is -2.56. The summed E-state index contributed by atoms with van der Waals surface area (Å²) in [5.74, 6) is 2.93. The molecule has 0 spiro atoms. The first-order valence-electron chi connectivity index (χ1n) is 12.2. The molecule has 3 aromatic rings. The third kappa shape index (κ3) is 4.45. The predicted molar refractivity (Wildman–Crippen MR) is 144 cm³/mol. The van der Waals surface area contributed by atoms with Gasteiger partial charge in [0.2, 0.25) is 11.8 Å². The third-order valence-electron chi connectivity index (χ3n) is 8.18. The number of rotatable bonds is 4. The zero-order valence-corrected chi connectivity index (χ0v) is 21.8. The average molecular weight is 529 g/mol. The zero-order chi connectivity index (χ0) is 24.3. The second kappa shape index (κ2) is 8.75. The molecule has 182 valence electrons. The molecule has 4 saturated carbocycles. The van der Waals surface area contributed by atoms with Crippen molar-refractivity contribution in [2.45, 2.75) is 51.9 Å². The maximum atomic E-state index is 13.0. The predicted octanol–water partition coefficient (Wildman–Crippen LogP) is 7.53. The monoisotopic (exact) mass is 527 g/mol. The molecule has 5 nitrogen and oxygen atoms in total. The number of oxazole rings is 1. The van der Waals surface area contributed by atoms with Crippen molar-refractivity contribution in [2.75, 3.05) is 5.32 Å². The molecule has 8 heteroatoms. The van der Waals surface area contributed by atoms with Crippen molar-refractivity contribution in [3.8, 4) is 11.5 Å². The lowest BCUT2D eigenvalue weighted by Crippen LogP contribution is -2.48. The second-order valence-corrected chi connectivity index (χ2v) is 12.1. The van der Waals surface area contributed by atoms with Gasteiger partial charge < -0.3 is 15.1 Å². The highest BCUT2D eigenvalue weighted by Crippen LogP contribution is 2.61. The van der Waals surface area contributed by atoms with Crippen LogP contribution in [-0.2, 0) is 4.79 Å². The molecule has 0 atom stereocenters. The second-order valence-electron chi connectivity index (χ2n) is 10.8. The fraction of sp³-hybridized carbons (Fsp3) is 0.444. The molecule has 0 saturated heterocycles. The quantitative estimate of drug-likeness (QED) is 0.343. The Labute approximate surface area is 220 Å². The molecule has 4 aliphatic carbocycles. The van der Waals surface area contributed by atoms with Gasteiger partial charge in [0.1, 0.15) is 5.52 Å². The van der Waals surface area contributed by atoms with E-state index in [0.717, 1.165) is 34.6 Å². The lowest BCUT2D eigenvalue weighted by atomic mass is 9.49. The van der Waals surface area contributed by atoms with Crippen LogP contribution >= 0.6 is 35.4 Å². The van der Waals surface area contributed by atoms with Crippen molar-refractivity contribution in [3.63, 3.8) is 0 Å². The van der Waals surface area contributed by atoms with Crippen LogP contribution in [0.25, 0.3) is 22.6 Å². The van der Waals surface area contributed by atoms with Crippen molar-refractivity contribution >= 4 is 63.2 Å². The van der Waals surface area contributed by atoms with Crippen LogP contribution in [0.5, 0.6) is 0 Å². The standard InChI is InChI=1S/C27H27Cl2N3O2S/c1-14-19(25-30-22-9-18(28)8-20(29)24(22)34-25)3-2-4-21(14)31-26(35)32-23(33)13-27-10-15-5-16(11-27)7-17(6-15)12-27/h2-4,8-9,15-17H,5-7,10-13H2,1H3,(H2,31,32,33,35). The Morgan fingerprint density at radius 2 is 1.83 bits per heavy atom. The van der Waals surface area contributed by atoms with Crippen molar-refractivity contribution in [3.05, 3.63) is 45.9 Å². The minimum atomic E-state index is 0.0173. The van der Waals surface area contributed by atoms with Crippen molar-refractivity contribution in [1.29, 1.82) is 0 Å². The highest BCUT2D eigenvalue weighted by atomic mass is 35.5. The van der Waals surface area contributed by atoms with Gasteiger partial charge in [0, 0.05) is 22.7 Å². The van der Waals surface area contributed by atoms with Gasteiger partial charge in [-0.15, -0.1) is 0 Å². The van der Waals surface area contributed by atoms with Crippen LogP contribution in [0.4, 0.5) is 5.69 Å². The first-order chi connectivity index (χ1) is 16.8. The maximum Gasteiger partial charge on any atom is 0.227 e. The van der Waals surface area contributed by atoms with Crippen LogP contribution < -0.4 is 10.6 Å². The van der Waals surface area contributed by atoms with E-state index in [4.69, 9.17) is 39.8 Å². The van der Waals surface area contributed by atoms with Crippen molar-refractivity contribution in [1.82, 2.24) is 10.3 Å². The summed E-state index contributed by atoms with van der Waals surface area (Å²) < 4.78 is 5.95. The Morgan fingerprint density at radius 3 is 2.51 bits per heavy atom. The number of nitrogens with zero attached hydrogens (tertiary/aromatic N) is 1. The highest BCUT2D eigenvalue weighted by Gasteiger charge is 2.51. The van der Waals surface area contributed by atoms with E-state index < -0.39 is 0 Å². The van der Waals surface area contributed by atoms with Crippen molar-refractivity contribution < 1.29 is 9.21 Å². The van der Waals surface area contributed by atoms with Gasteiger partial charge >= 0.3 is 0 Å². The number of hydrogen-bond acceptors (Lipinski definition) is 4. The molecule has 1 amide bonds. The molecule has 1 aromatic heterocycles. The van der Waals surface area contributed by atoms with Crippen LogP contribution in [0.3, 0.4) is 0 Å². The van der Waals surface area contributed by atoms with E-state index in [9.17, 15) is 4.79 Å². The summed E-state index contributed by atoms with van der Waals surface area (Å²) in [5.41, 5.74) is 3.77. The van der Waals surface area contributed by atoms with Crippen LogP contribution in [0.1, 0.15) is 50.5 Å². The zero-order valence-electron chi connectivity index (χ0n) is 19.5. The molecule has 4 aliphatic rings. The first-order valence-corrected chi connectivity index (χ1v) is 13.4. The Balaban J connectivity index is 1.15. The minimum absolute atomic E-state index is 0.0173. The Morgan fingerprint density at radius 1 is 1.14 bits per heavy atom. The van der Waals surface area contributed by atoms with E-state index in [1.807, 2.05) is 25.1 Å². The topological polar surface area (TPSA) is 67.2 Å². The van der Waals surface area contributed by atoms with Crippen LogP contribution in [0.15, 0.2) is 34.7 Å². The smallest absolute Gasteiger partial charge is 0.227 e. The number of anilines is 1. The summed E-state index contributed by atoms with van der Waals surface area (Å²) in [5, 5.41) is 7.37. The van der Waals surface area contributed by atoms with E-state index in [0.29, 0.717) is 38.6 Å².